The van der Waals surface area contributed by atoms with Gasteiger partial charge < -0.3 is 5.73 Å². The molecule has 0 unspecified atom stereocenters. The summed E-state index contributed by atoms with van der Waals surface area (Å²) in [6.07, 6.45) is 1.49. The van der Waals surface area contributed by atoms with Crippen LogP contribution in [0.3, 0.4) is 0 Å². The zero-order valence-corrected chi connectivity index (χ0v) is 11.0. The summed E-state index contributed by atoms with van der Waals surface area (Å²) in [6.45, 7) is 0.274. The summed E-state index contributed by atoms with van der Waals surface area (Å²) >= 11 is 2.77. The van der Waals surface area contributed by atoms with E-state index in [0.29, 0.717) is 16.9 Å². The largest absolute Gasteiger partial charge is 0.320 e. The fraction of sp³-hybridized carbons (Fsp3) is 0.167. The standard InChI is InChI=1S/C12H10FN3S2/c13-11-6-9(2-1-5-14)3-4-10(11)7-17-12-15-8-16-18-12/h3-4,6,8H,5,7,14H2. The lowest BCUT2D eigenvalue weighted by Crippen LogP contribution is -1.93. The molecule has 0 radical (unpaired) electrons. The van der Waals surface area contributed by atoms with Crippen molar-refractivity contribution in [1.82, 2.24) is 9.36 Å². The summed E-state index contributed by atoms with van der Waals surface area (Å²) in [5.41, 5.74) is 6.54. The lowest BCUT2D eigenvalue weighted by molar-refractivity contribution is 0.617. The average Bonchev–Trinajstić information content (AvgIpc) is 2.88. The van der Waals surface area contributed by atoms with E-state index in [1.54, 1.807) is 12.1 Å². The summed E-state index contributed by atoms with van der Waals surface area (Å²) in [5, 5.41) is 0. The number of hydrogen-bond donors (Lipinski definition) is 1. The van der Waals surface area contributed by atoms with E-state index in [0.717, 1.165) is 4.34 Å². The molecule has 0 atom stereocenters. The van der Waals surface area contributed by atoms with Gasteiger partial charge in [0.25, 0.3) is 0 Å². The number of thioether (sulfide) groups is 1. The molecule has 2 rings (SSSR count). The molecular weight excluding hydrogens is 269 g/mol. The van der Waals surface area contributed by atoms with Gasteiger partial charge in [-0.3, -0.25) is 0 Å². The maximum Gasteiger partial charge on any atom is 0.170 e. The number of aromatic nitrogens is 2. The molecule has 3 nitrogen and oxygen atoms in total. The molecule has 1 aromatic heterocycles. The normalized spacial score (nSPS) is 9.89. The summed E-state index contributed by atoms with van der Waals surface area (Å²) in [6, 6.07) is 4.96. The molecule has 6 heteroatoms. The first-order valence-electron chi connectivity index (χ1n) is 5.16. The van der Waals surface area contributed by atoms with E-state index < -0.39 is 0 Å². The van der Waals surface area contributed by atoms with Crippen molar-refractivity contribution >= 4 is 23.3 Å². The molecule has 2 N–H and O–H groups in total. The highest BCUT2D eigenvalue weighted by molar-refractivity contribution is 8.00. The second-order valence-corrected chi connectivity index (χ2v) is 5.31. The third-order valence-electron chi connectivity index (χ3n) is 2.08. The van der Waals surface area contributed by atoms with E-state index in [1.807, 2.05) is 0 Å². The van der Waals surface area contributed by atoms with Crippen LogP contribution in [0.1, 0.15) is 11.1 Å². The molecule has 0 amide bonds. The third kappa shape index (κ3) is 3.53. The molecular formula is C12H10FN3S2. The number of benzene rings is 1. The predicted molar refractivity (Wildman–Crippen MR) is 71.8 cm³/mol. The van der Waals surface area contributed by atoms with Crippen molar-refractivity contribution < 1.29 is 4.39 Å². The Labute approximate surface area is 113 Å². The van der Waals surface area contributed by atoms with Gasteiger partial charge in [-0.15, -0.1) is 0 Å². The first kappa shape index (κ1) is 13.0. The van der Waals surface area contributed by atoms with E-state index >= 15 is 0 Å². The highest BCUT2D eigenvalue weighted by Gasteiger charge is 2.05. The maximum absolute atomic E-state index is 13.8. The molecule has 0 saturated carbocycles. The average molecular weight is 279 g/mol. The van der Waals surface area contributed by atoms with Crippen LogP contribution in [0.5, 0.6) is 0 Å². The topological polar surface area (TPSA) is 51.8 Å². The minimum absolute atomic E-state index is 0.254. The molecule has 0 bridgehead atoms. The quantitative estimate of drug-likeness (QED) is 0.692. The maximum atomic E-state index is 13.8. The van der Waals surface area contributed by atoms with Gasteiger partial charge in [0.2, 0.25) is 0 Å². The van der Waals surface area contributed by atoms with Gasteiger partial charge in [0.1, 0.15) is 12.1 Å². The van der Waals surface area contributed by atoms with Crippen molar-refractivity contribution in [2.24, 2.45) is 5.73 Å². The van der Waals surface area contributed by atoms with Gasteiger partial charge >= 0.3 is 0 Å². The number of halogens is 1. The van der Waals surface area contributed by atoms with Gasteiger partial charge in [-0.2, -0.15) is 4.37 Å². The molecule has 0 aliphatic heterocycles. The predicted octanol–water partition coefficient (Wildman–Crippen LogP) is 2.28. The van der Waals surface area contributed by atoms with Crippen molar-refractivity contribution in [3.8, 4) is 11.8 Å². The second kappa shape index (κ2) is 6.50. The molecule has 0 aliphatic rings. The minimum Gasteiger partial charge on any atom is -0.320 e. The Morgan fingerprint density at radius 1 is 1.44 bits per heavy atom. The van der Waals surface area contributed by atoms with E-state index in [9.17, 15) is 4.39 Å². The van der Waals surface area contributed by atoms with E-state index in [4.69, 9.17) is 5.73 Å². The van der Waals surface area contributed by atoms with Crippen LogP contribution in [0.2, 0.25) is 0 Å². The molecule has 2 aromatic rings. The van der Waals surface area contributed by atoms with Gasteiger partial charge in [-0.25, -0.2) is 9.37 Å². The number of nitrogens with zero attached hydrogens (tertiary/aromatic N) is 2. The first-order chi connectivity index (χ1) is 8.79. The monoisotopic (exact) mass is 279 g/mol. The van der Waals surface area contributed by atoms with E-state index in [-0.39, 0.29) is 12.4 Å². The molecule has 92 valence electrons. The summed E-state index contributed by atoms with van der Waals surface area (Å²) in [4.78, 5) is 4.03. The summed E-state index contributed by atoms with van der Waals surface area (Å²) < 4.78 is 18.5. The van der Waals surface area contributed by atoms with Crippen molar-refractivity contribution in [1.29, 1.82) is 0 Å². The van der Waals surface area contributed by atoms with Gasteiger partial charge in [0.05, 0.1) is 6.54 Å². The highest BCUT2D eigenvalue weighted by atomic mass is 32.2. The molecule has 18 heavy (non-hydrogen) atoms. The SMILES string of the molecule is NCC#Cc1ccc(CSc2ncns2)c(F)c1. The highest BCUT2D eigenvalue weighted by Crippen LogP contribution is 2.24. The lowest BCUT2D eigenvalue weighted by Gasteiger charge is -2.01. The van der Waals surface area contributed by atoms with Crippen LogP contribution in [0, 0.1) is 17.7 Å². The number of rotatable bonds is 3. The van der Waals surface area contributed by atoms with Gasteiger partial charge in [0, 0.05) is 11.3 Å². The molecule has 0 aliphatic carbocycles. The van der Waals surface area contributed by atoms with Gasteiger partial charge in [-0.1, -0.05) is 29.7 Å². The molecule has 0 spiro atoms. The first-order valence-corrected chi connectivity index (χ1v) is 6.92. The van der Waals surface area contributed by atoms with Crippen LogP contribution >= 0.6 is 23.3 Å². The van der Waals surface area contributed by atoms with Crippen LogP contribution < -0.4 is 5.73 Å². The van der Waals surface area contributed by atoms with E-state index in [1.165, 1.54) is 35.7 Å². The van der Waals surface area contributed by atoms with Crippen molar-refractivity contribution in [3.05, 3.63) is 41.5 Å². The Hall–Kier alpha value is -1.42. The fourth-order valence-corrected chi connectivity index (χ4v) is 2.69. The summed E-state index contributed by atoms with van der Waals surface area (Å²) in [7, 11) is 0. The number of hydrogen-bond acceptors (Lipinski definition) is 5. The van der Waals surface area contributed by atoms with Crippen LogP contribution in [0.4, 0.5) is 4.39 Å². The Morgan fingerprint density at radius 2 is 2.33 bits per heavy atom. The van der Waals surface area contributed by atoms with E-state index in [2.05, 4.69) is 21.2 Å². The molecule has 1 aromatic carbocycles. The van der Waals surface area contributed by atoms with Crippen LogP contribution in [-0.2, 0) is 5.75 Å². The van der Waals surface area contributed by atoms with Crippen LogP contribution in [0.25, 0.3) is 0 Å². The Kier molecular flexibility index (Phi) is 4.70. The van der Waals surface area contributed by atoms with Crippen molar-refractivity contribution in [3.63, 3.8) is 0 Å². The molecule has 1 heterocycles. The summed E-state index contributed by atoms with van der Waals surface area (Å²) in [5.74, 6) is 5.77. The second-order valence-electron chi connectivity index (χ2n) is 3.31. The molecule has 0 saturated heterocycles. The zero-order chi connectivity index (χ0) is 12.8. The van der Waals surface area contributed by atoms with Crippen molar-refractivity contribution in [2.45, 2.75) is 10.1 Å². The Morgan fingerprint density at radius 3 is 3.00 bits per heavy atom. The van der Waals surface area contributed by atoms with Crippen LogP contribution in [0.15, 0.2) is 28.9 Å². The number of nitrogens with two attached hydrogens (primary N) is 1. The van der Waals surface area contributed by atoms with Gasteiger partial charge in [0.15, 0.2) is 4.34 Å². The zero-order valence-electron chi connectivity index (χ0n) is 9.39. The Balaban J connectivity index is 2.05. The minimum atomic E-state index is -0.254. The molecule has 0 fully saturated rings. The third-order valence-corrected chi connectivity index (χ3v) is 3.93. The van der Waals surface area contributed by atoms with Crippen LogP contribution in [-0.4, -0.2) is 15.9 Å². The lowest BCUT2D eigenvalue weighted by atomic mass is 10.1. The smallest absolute Gasteiger partial charge is 0.170 e. The Bertz CT molecular complexity index is 573. The van der Waals surface area contributed by atoms with Crippen molar-refractivity contribution in [2.75, 3.05) is 6.54 Å². The fourth-order valence-electron chi connectivity index (χ4n) is 1.26. The van der Waals surface area contributed by atoms with Gasteiger partial charge in [-0.05, 0) is 29.2 Å².